The summed E-state index contributed by atoms with van der Waals surface area (Å²) in [5.41, 5.74) is 6.66. The van der Waals surface area contributed by atoms with Crippen LogP contribution in [-0.4, -0.2) is 35.5 Å². The number of Topliss-reactive ketones (excluding diaryl/α,β-unsaturated/α-hetero) is 2. The molecule has 1 amide bonds. The Labute approximate surface area is 310 Å². The summed E-state index contributed by atoms with van der Waals surface area (Å²) >= 11 is 13.6. The molecule has 0 atom stereocenters. The average Bonchev–Trinajstić information content (AvgIpc) is 3.00. The number of benzene rings is 3. The van der Waals surface area contributed by atoms with Crippen LogP contribution in [0.5, 0.6) is 5.75 Å². The Morgan fingerprint density at radius 3 is 2.00 bits per heavy atom. The SMILES string of the molecule is Cc1ccc(NC(=O)COc2c(Br)cc(C3C4=C(CC(C)(C)CC4=O)N(CCc4ccccc4)C4=C3C(=O)CC(C)(C)C4)cc2Br)cc1Cl. The van der Waals surface area contributed by atoms with Crippen molar-refractivity contribution in [1.29, 1.82) is 0 Å². The minimum absolute atomic E-state index is 0.0885. The number of halogens is 3. The molecule has 3 aliphatic rings. The second kappa shape index (κ2) is 13.8. The maximum Gasteiger partial charge on any atom is 0.262 e. The van der Waals surface area contributed by atoms with Crippen LogP contribution in [0.2, 0.25) is 5.02 Å². The number of amides is 1. The number of nitrogens with zero attached hydrogens (tertiary/aromatic N) is 1. The number of aryl methyl sites for hydroxylation is 1. The third-order valence-corrected chi connectivity index (χ3v) is 11.2. The van der Waals surface area contributed by atoms with E-state index in [-0.39, 0.29) is 34.9 Å². The van der Waals surface area contributed by atoms with Crippen molar-refractivity contribution in [3.63, 3.8) is 0 Å². The van der Waals surface area contributed by atoms with E-state index in [1.807, 2.05) is 43.3 Å². The Morgan fingerprint density at radius 2 is 1.45 bits per heavy atom. The summed E-state index contributed by atoms with van der Waals surface area (Å²) in [7, 11) is 0. The number of carbonyl (C=O) groups excluding carboxylic acids is 3. The highest BCUT2D eigenvalue weighted by atomic mass is 79.9. The van der Waals surface area contributed by atoms with Gasteiger partial charge in [-0.2, -0.15) is 0 Å². The van der Waals surface area contributed by atoms with Crippen molar-refractivity contribution in [2.24, 2.45) is 10.8 Å². The van der Waals surface area contributed by atoms with Gasteiger partial charge in [0, 0.05) is 58.6 Å². The van der Waals surface area contributed by atoms with Gasteiger partial charge in [-0.3, -0.25) is 14.4 Å². The van der Waals surface area contributed by atoms with Crippen molar-refractivity contribution < 1.29 is 19.1 Å². The Bertz CT molecular complexity index is 1840. The average molecular weight is 809 g/mol. The topological polar surface area (TPSA) is 75.7 Å². The maximum atomic E-state index is 14.2. The van der Waals surface area contributed by atoms with Crippen LogP contribution in [0.4, 0.5) is 5.69 Å². The molecule has 0 saturated carbocycles. The van der Waals surface area contributed by atoms with Gasteiger partial charge in [0.05, 0.1) is 8.95 Å². The number of ether oxygens (including phenoxy) is 1. The van der Waals surface area contributed by atoms with Crippen molar-refractivity contribution >= 4 is 66.6 Å². The van der Waals surface area contributed by atoms with Gasteiger partial charge < -0.3 is 15.0 Å². The zero-order valence-corrected chi connectivity index (χ0v) is 32.4. The number of carbonyl (C=O) groups is 3. The van der Waals surface area contributed by atoms with E-state index in [2.05, 4.69) is 81.9 Å². The number of allylic oxidation sites excluding steroid dienone is 4. The molecule has 0 bridgehead atoms. The molecule has 256 valence electrons. The Balaban J connectivity index is 1.37. The molecule has 0 aromatic heterocycles. The van der Waals surface area contributed by atoms with Gasteiger partial charge in [-0.25, -0.2) is 0 Å². The molecule has 0 fully saturated rings. The number of ketones is 2. The summed E-state index contributed by atoms with van der Waals surface area (Å²) in [5.74, 6) is -0.199. The summed E-state index contributed by atoms with van der Waals surface area (Å²) in [6.07, 6.45) is 3.13. The van der Waals surface area contributed by atoms with Gasteiger partial charge in [-0.1, -0.05) is 75.7 Å². The van der Waals surface area contributed by atoms with Gasteiger partial charge in [-0.05, 0) is 110 Å². The number of hydrogen-bond acceptors (Lipinski definition) is 5. The third kappa shape index (κ3) is 7.62. The number of rotatable bonds is 8. The monoisotopic (exact) mass is 806 g/mol. The molecule has 0 unspecified atom stereocenters. The van der Waals surface area contributed by atoms with Crippen LogP contribution in [0.25, 0.3) is 0 Å². The first-order valence-corrected chi connectivity index (χ1v) is 18.6. The van der Waals surface area contributed by atoms with Crippen molar-refractivity contribution in [2.75, 3.05) is 18.5 Å². The fraction of sp³-hybridized carbons (Fsp3) is 0.375. The Morgan fingerprint density at radius 1 is 0.878 bits per heavy atom. The first-order valence-electron chi connectivity index (χ1n) is 16.6. The zero-order valence-electron chi connectivity index (χ0n) is 28.5. The van der Waals surface area contributed by atoms with E-state index in [4.69, 9.17) is 16.3 Å². The van der Waals surface area contributed by atoms with Gasteiger partial charge in [0.1, 0.15) is 5.75 Å². The number of anilines is 1. The summed E-state index contributed by atoms with van der Waals surface area (Å²) < 4.78 is 7.23. The molecule has 0 saturated heterocycles. The highest BCUT2D eigenvalue weighted by molar-refractivity contribution is 9.11. The van der Waals surface area contributed by atoms with Crippen LogP contribution in [0.1, 0.15) is 76.0 Å². The third-order valence-electron chi connectivity index (χ3n) is 9.65. The molecule has 6 rings (SSSR count). The molecule has 1 aliphatic heterocycles. The highest BCUT2D eigenvalue weighted by Crippen LogP contribution is 2.55. The van der Waals surface area contributed by atoms with E-state index in [1.165, 1.54) is 5.56 Å². The smallest absolute Gasteiger partial charge is 0.262 e. The first-order chi connectivity index (χ1) is 23.1. The van der Waals surface area contributed by atoms with Crippen molar-refractivity contribution in [3.05, 3.63) is 114 Å². The van der Waals surface area contributed by atoms with Gasteiger partial charge in [-0.15, -0.1) is 0 Å². The van der Waals surface area contributed by atoms with E-state index < -0.39 is 5.92 Å². The maximum absolute atomic E-state index is 14.2. The number of nitrogens with one attached hydrogen (secondary N) is 1. The summed E-state index contributed by atoms with van der Waals surface area (Å²) in [4.78, 5) is 43.6. The summed E-state index contributed by atoms with van der Waals surface area (Å²) in [6, 6.07) is 19.6. The normalized spacial score (nSPS) is 18.7. The lowest BCUT2D eigenvalue weighted by Crippen LogP contribution is -2.45. The molecule has 2 aliphatic carbocycles. The van der Waals surface area contributed by atoms with E-state index in [0.717, 1.165) is 52.9 Å². The molecule has 1 N–H and O–H groups in total. The fourth-order valence-electron chi connectivity index (χ4n) is 7.43. The van der Waals surface area contributed by atoms with Crippen molar-refractivity contribution in [3.8, 4) is 5.75 Å². The standard InChI is InChI=1S/C40H41Br2ClN2O4/c1-23-11-12-26(17-29(23)43)44-34(48)22-49-38-27(41)15-25(16-28(38)42)35-36-30(18-39(2,3)20-32(36)46)45(14-13-24-9-7-6-8-10-24)31-19-40(4,5)21-33(47)37(31)35/h6-12,15-17,35H,13-14,18-22H2,1-5H3,(H,44,48). The predicted molar refractivity (Wildman–Crippen MR) is 202 cm³/mol. The lowest BCUT2D eigenvalue weighted by atomic mass is 9.63. The van der Waals surface area contributed by atoms with Gasteiger partial charge in [0.2, 0.25) is 0 Å². The van der Waals surface area contributed by atoms with E-state index >= 15 is 0 Å². The van der Waals surface area contributed by atoms with Gasteiger partial charge in [0.15, 0.2) is 18.2 Å². The van der Waals surface area contributed by atoms with Crippen LogP contribution in [0, 0.1) is 17.8 Å². The molecule has 3 aromatic rings. The van der Waals surface area contributed by atoms with E-state index in [0.29, 0.717) is 44.8 Å². The number of hydrogen-bond donors (Lipinski definition) is 1. The molecule has 6 nitrogen and oxygen atoms in total. The van der Waals surface area contributed by atoms with Crippen LogP contribution >= 0.6 is 43.5 Å². The molecule has 0 spiro atoms. The summed E-state index contributed by atoms with van der Waals surface area (Å²) in [5, 5.41) is 3.39. The minimum Gasteiger partial charge on any atom is -0.481 e. The van der Waals surface area contributed by atoms with Gasteiger partial charge >= 0.3 is 0 Å². The van der Waals surface area contributed by atoms with E-state index in [9.17, 15) is 14.4 Å². The molecule has 9 heteroatoms. The lowest BCUT2D eigenvalue weighted by Gasteiger charge is -2.49. The Hall–Kier alpha value is -3.20. The molecule has 3 aromatic carbocycles. The van der Waals surface area contributed by atoms with Crippen molar-refractivity contribution in [2.45, 2.75) is 72.6 Å². The zero-order chi connectivity index (χ0) is 35.2. The highest BCUT2D eigenvalue weighted by Gasteiger charge is 2.49. The molecular weight excluding hydrogens is 768 g/mol. The fourth-order valence-corrected chi connectivity index (χ4v) is 9.06. The van der Waals surface area contributed by atoms with Crippen LogP contribution in [-0.2, 0) is 20.8 Å². The van der Waals surface area contributed by atoms with Crippen LogP contribution in [0.15, 0.2) is 92.1 Å². The second-order valence-corrected chi connectivity index (χ2v) is 17.2. The first kappa shape index (κ1) is 35.6. The molecule has 0 radical (unpaired) electrons. The molecule has 49 heavy (non-hydrogen) atoms. The van der Waals surface area contributed by atoms with Crippen LogP contribution < -0.4 is 10.1 Å². The second-order valence-electron chi connectivity index (χ2n) is 15.0. The predicted octanol–water partition coefficient (Wildman–Crippen LogP) is 10.1. The van der Waals surface area contributed by atoms with Crippen LogP contribution in [0.3, 0.4) is 0 Å². The minimum atomic E-state index is -0.499. The quantitative estimate of drug-likeness (QED) is 0.245. The Kier molecular flexibility index (Phi) is 10.1. The van der Waals surface area contributed by atoms with Crippen molar-refractivity contribution in [1.82, 2.24) is 4.90 Å². The van der Waals surface area contributed by atoms with Gasteiger partial charge in [0.25, 0.3) is 5.91 Å². The lowest BCUT2D eigenvalue weighted by molar-refractivity contribution is -0.120. The van der Waals surface area contributed by atoms with E-state index in [1.54, 1.807) is 12.1 Å². The molecular formula is C40H41Br2ClN2O4. The largest absolute Gasteiger partial charge is 0.481 e. The summed E-state index contributed by atoms with van der Waals surface area (Å²) in [6.45, 7) is 11.0. The molecule has 1 heterocycles.